The Labute approximate surface area is 143 Å². The highest BCUT2D eigenvalue weighted by Crippen LogP contribution is 2.55. The van der Waals surface area contributed by atoms with Gasteiger partial charge in [0.15, 0.2) is 0 Å². The summed E-state index contributed by atoms with van der Waals surface area (Å²) in [5.41, 5.74) is -0.342. The van der Waals surface area contributed by atoms with Crippen molar-refractivity contribution in [1.82, 2.24) is 5.32 Å². The van der Waals surface area contributed by atoms with Gasteiger partial charge in [-0.15, -0.1) is 0 Å². The van der Waals surface area contributed by atoms with E-state index in [1.165, 1.54) is 0 Å². The molecule has 5 rings (SSSR count). The molecule has 4 aliphatic carbocycles. The van der Waals surface area contributed by atoms with Crippen LogP contribution in [0, 0.1) is 17.8 Å². The van der Waals surface area contributed by atoms with Crippen LogP contribution in [0.25, 0.3) is 0 Å². The molecule has 4 bridgehead atoms. The highest BCUT2D eigenvalue weighted by molar-refractivity contribution is 5.87. The zero-order valence-electron chi connectivity index (χ0n) is 14.5. The molecule has 0 aromatic heterocycles. The first kappa shape index (κ1) is 15.9. The second-order valence-corrected chi connectivity index (χ2v) is 8.87. The minimum Gasteiger partial charge on any atom is -0.508 e. The largest absolute Gasteiger partial charge is 0.508 e. The molecule has 130 valence electrons. The summed E-state index contributed by atoms with van der Waals surface area (Å²) in [5.74, 6) is 1.65. The maximum absolute atomic E-state index is 13.0. The Balaban J connectivity index is 1.52. The zero-order chi connectivity index (χ0) is 17.1. The minimum atomic E-state index is -0.690. The van der Waals surface area contributed by atoms with E-state index >= 15 is 0 Å². The van der Waals surface area contributed by atoms with Crippen molar-refractivity contribution in [2.24, 2.45) is 17.8 Å². The second kappa shape index (κ2) is 5.22. The van der Waals surface area contributed by atoms with E-state index < -0.39 is 11.0 Å². The number of nitrogens with one attached hydrogen (secondary N) is 1. The summed E-state index contributed by atoms with van der Waals surface area (Å²) in [7, 11) is 0. The number of rotatable bonds is 3. The molecule has 0 unspecified atom stereocenters. The molecule has 2 atom stereocenters. The van der Waals surface area contributed by atoms with Gasteiger partial charge in [0.25, 0.3) is 0 Å². The summed E-state index contributed by atoms with van der Waals surface area (Å²) in [5, 5.41) is 23.7. The first-order valence-corrected chi connectivity index (χ1v) is 9.10. The lowest BCUT2D eigenvalue weighted by molar-refractivity contribution is -0.148. The topological polar surface area (TPSA) is 69.6 Å². The van der Waals surface area contributed by atoms with Crippen LogP contribution in [0.5, 0.6) is 5.75 Å². The number of carbonyl (C=O) groups excluding carboxylic acids is 1. The number of hydrogen-bond donors (Lipinski definition) is 3. The third-order valence-electron chi connectivity index (χ3n) is 6.67. The Morgan fingerprint density at radius 1 is 1.21 bits per heavy atom. The highest BCUT2D eigenvalue weighted by Gasteiger charge is 2.55. The Morgan fingerprint density at radius 2 is 1.88 bits per heavy atom. The molecule has 0 heterocycles. The van der Waals surface area contributed by atoms with Gasteiger partial charge >= 0.3 is 0 Å². The van der Waals surface area contributed by atoms with Crippen LogP contribution in [0.3, 0.4) is 0 Å². The van der Waals surface area contributed by atoms with Gasteiger partial charge in [-0.3, -0.25) is 4.79 Å². The second-order valence-electron chi connectivity index (χ2n) is 8.87. The van der Waals surface area contributed by atoms with Gasteiger partial charge in [0, 0.05) is 6.04 Å². The fraction of sp³-hybridized carbons (Fsp3) is 0.650. The normalized spacial score (nSPS) is 37.5. The lowest BCUT2D eigenvalue weighted by Gasteiger charge is -2.58. The molecule has 4 heteroatoms. The van der Waals surface area contributed by atoms with E-state index in [0.717, 1.165) is 37.7 Å². The van der Waals surface area contributed by atoms with Crippen LogP contribution in [0.15, 0.2) is 24.3 Å². The van der Waals surface area contributed by atoms with Gasteiger partial charge in [0.2, 0.25) is 5.91 Å². The van der Waals surface area contributed by atoms with Crippen molar-refractivity contribution in [3.8, 4) is 5.75 Å². The van der Waals surface area contributed by atoms with Gasteiger partial charge in [-0.1, -0.05) is 12.1 Å². The van der Waals surface area contributed by atoms with Gasteiger partial charge in [-0.05, 0) is 81.4 Å². The fourth-order valence-electron chi connectivity index (χ4n) is 5.57. The molecule has 1 aromatic carbocycles. The van der Waals surface area contributed by atoms with E-state index in [1.54, 1.807) is 18.2 Å². The molecular formula is C20H27NO3. The Hall–Kier alpha value is -1.55. The van der Waals surface area contributed by atoms with Crippen LogP contribution in [0.2, 0.25) is 0 Å². The third-order valence-corrected chi connectivity index (χ3v) is 6.67. The maximum Gasteiger partial charge on any atom is 0.230 e. The molecule has 0 aliphatic heterocycles. The smallest absolute Gasteiger partial charge is 0.230 e. The molecule has 4 aliphatic rings. The number of aliphatic hydroxyl groups is 1. The molecule has 0 radical (unpaired) electrons. The lowest BCUT2D eigenvalue weighted by atomic mass is 9.52. The number of carbonyl (C=O) groups is 1. The molecule has 4 saturated carbocycles. The van der Waals surface area contributed by atoms with E-state index in [4.69, 9.17) is 0 Å². The van der Waals surface area contributed by atoms with Crippen molar-refractivity contribution in [1.29, 1.82) is 0 Å². The van der Waals surface area contributed by atoms with Gasteiger partial charge in [-0.25, -0.2) is 0 Å². The standard InChI is InChI=1S/C20H27NO3/c1-19(2,15-4-3-5-16(22)8-15)18(23)21-17-13-6-12-7-14(17)11-20(24,9-12)10-13/h3-5,8,12-14,17,22,24H,6-7,9-11H2,1-2H3,(H,21,23)/t12-,13-,14-,17+,20-/m1/s1. The van der Waals surface area contributed by atoms with Crippen LogP contribution in [0.4, 0.5) is 0 Å². The number of phenolic OH excluding ortho intramolecular Hbond substituents is 1. The highest BCUT2D eigenvalue weighted by atomic mass is 16.3. The lowest BCUT2D eigenvalue weighted by Crippen LogP contribution is -2.62. The van der Waals surface area contributed by atoms with Crippen LogP contribution < -0.4 is 5.32 Å². The number of hydrogen-bond acceptors (Lipinski definition) is 3. The first-order valence-electron chi connectivity index (χ1n) is 9.10. The average molecular weight is 329 g/mol. The quantitative estimate of drug-likeness (QED) is 0.798. The van der Waals surface area contributed by atoms with Gasteiger partial charge in [0.1, 0.15) is 5.75 Å². The van der Waals surface area contributed by atoms with Gasteiger partial charge in [0.05, 0.1) is 11.0 Å². The van der Waals surface area contributed by atoms with Crippen LogP contribution >= 0.6 is 0 Å². The summed E-state index contributed by atoms with van der Waals surface area (Å²) in [6.07, 6.45) is 4.89. The van der Waals surface area contributed by atoms with E-state index in [0.29, 0.717) is 17.8 Å². The van der Waals surface area contributed by atoms with Gasteiger partial charge in [-0.2, -0.15) is 0 Å². The van der Waals surface area contributed by atoms with E-state index in [2.05, 4.69) is 5.32 Å². The number of phenols is 1. The van der Waals surface area contributed by atoms with Crippen molar-refractivity contribution in [3.05, 3.63) is 29.8 Å². The summed E-state index contributed by atoms with van der Waals surface area (Å²) in [6, 6.07) is 7.14. The van der Waals surface area contributed by atoms with Crippen molar-refractivity contribution < 1.29 is 15.0 Å². The molecular weight excluding hydrogens is 302 g/mol. The predicted molar refractivity (Wildman–Crippen MR) is 91.6 cm³/mol. The third kappa shape index (κ3) is 2.52. The molecule has 4 fully saturated rings. The SMILES string of the molecule is CC(C)(C(=O)N[C@H]1[C@@H]2C[C@@H]3C[C@@H]1C[C@](O)(C2)C3)c1cccc(O)c1. The summed E-state index contributed by atoms with van der Waals surface area (Å²) >= 11 is 0. The Bertz CT molecular complexity index is 653. The average Bonchev–Trinajstić information content (AvgIpc) is 2.49. The number of benzene rings is 1. The summed E-state index contributed by atoms with van der Waals surface area (Å²) in [6.45, 7) is 3.81. The summed E-state index contributed by atoms with van der Waals surface area (Å²) < 4.78 is 0. The maximum atomic E-state index is 13.0. The van der Waals surface area contributed by atoms with Crippen LogP contribution in [-0.4, -0.2) is 27.8 Å². The van der Waals surface area contributed by atoms with Crippen LogP contribution in [-0.2, 0) is 10.2 Å². The zero-order valence-corrected chi connectivity index (χ0v) is 14.5. The Kier molecular flexibility index (Phi) is 3.47. The van der Waals surface area contributed by atoms with Crippen molar-refractivity contribution in [2.75, 3.05) is 0 Å². The molecule has 4 nitrogen and oxygen atoms in total. The molecule has 3 N–H and O–H groups in total. The molecule has 0 spiro atoms. The van der Waals surface area contributed by atoms with E-state index in [1.807, 2.05) is 19.9 Å². The molecule has 1 aromatic rings. The first-order chi connectivity index (χ1) is 11.3. The van der Waals surface area contributed by atoms with Crippen molar-refractivity contribution >= 4 is 5.91 Å². The van der Waals surface area contributed by atoms with Crippen molar-refractivity contribution in [2.45, 2.75) is 63.0 Å². The van der Waals surface area contributed by atoms with E-state index in [-0.39, 0.29) is 17.7 Å². The van der Waals surface area contributed by atoms with Gasteiger partial charge < -0.3 is 15.5 Å². The van der Waals surface area contributed by atoms with E-state index in [9.17, 15) is 15.0 Å². The summed E-state index contributed by atoms with van der Waals surface area (Å²) in [4.78, 5) is 13.0. The monoisotopic (exact) mass is 329 g/mol. The number of aromatic hydroxyl groups is 1. The predicted octanol–water partition coefficient (Wildman–Crippen LogP) is 2.73. The van der Waals surface area contributed by atoms with Crippen molar-refractivity contribution in [3.63, 3.8) is 0 Å². The van der Waals surface area contributed by atoms with Crippen LogP contribution in [0.1, 0.15) is 51.5 Å². The molecule has 24 heavy (non-hydrogen) atoms. The minimum absolute atomic E-state index is 0.0116. The molecule has 1 amide bonds. The molecule has 0 saturated heterocycles. The number of amides is 1. The fourth-order valence-corrected chi connectivity index (χ4v) is 5.57. The Morgan fingerprint density at radius 3 is 2.46 bits per heavy atom.